The number of aliphatic carboxylic acids is 1. The number of hydrogen-bond donors (Lipinski definition) is 2. The lowest BCUT2D eigenvalue weighted by molar-refractivity contribution is -0.148. The molecule has 0 bridgehead atoms. The average molecular weight is 254 g/mol. The van der Waals surface area contributed by atoms with E-state index in [1.807, 2.05) is 0 Å². The maximum Gasteiger partial charge on any atom is 0.326 e. The van der Waals surface area contributed by atoms with Crippen molar-refractivity contribution in [3.63, 3.8) is 0 Å². The van der Waals surface area contributed by atoms with Gasteiger partial charge in [0.15, 0.2) is 0 Å². The first-order valence-corrected chi connectivity index (χ1v) is 6.94. The third kappa shape index (κ3) is 3.22. The minimum Gasteiger partial charge on any atom is -0.480 e. The first kappa shape index (κ1) is 13.3. The summed E-state index contributed by atoms with van der Waals surface area (Å²) in [4.78, 5) is 24.6. The molecule has 0 aromatic heterocycles. The van der Waals surface area contributed by atoms with Gasteiger partial charge < -0.3 is 15.3 Å². The number of carbonyl (C=O) groups excluding carboxylic acids is 1. The van der Waals surface area contributed by atoms with Gasteiger partial charge in [0.05, 0.1) is 0 Å². The second-order valence-electron chi connectivity index (χ2n) is 5.27. The molecule has 102 valence electrons. The van der Waals surface area contributed by atoms with E-state index in [0.29, 0.717) is 25.4 Å². The van der Waals surface area contributed by atoms with Crippen molar-refractivity contribution in [1.29, 1.82) is 0 Å². The van der Waals surface area contributed by atoms with E-state index < -0.39 is 12.0 Å². The second-order valence-corrected chi connectivity index (χ2v) is 5.27. The summed E-state index contributed by atoms with van der Waals surface area (Å²) in [5.41, 5.74) is 0. The van der Waals surface area contributed by atoms with Crippen LogP contribution in [0.4, 0.5) is 0 Å². The summed E-state index contributed by atoms with van der Waals surface area (Å²) >= 11 is 0. The Kier molecular flexibility index (Phi) is 4.58. The largest absolute Gasteiger partial charge is 0.480 e. The van der Waals surface area contributed by atoms with Crippen LogP contribution in [0, 0.1) is 0 Å². The van der Waals surface area contributed by atoms with Gasteiger partial charge in [-0.1, -0.05) is 6.42 Å². The minimum atomic E-state index is -0.864. The number of amides is 1. The Morgan fingerprint density at radius 3 is 2.72 bits per heavy atom. The van der Waals surface area contributed by atoms with Crippen LogP contribution in [0.3, 0.4) is 0 Å². The van der Waals surface area contributed by atoms with Crippen molar-refractivity contribution in [2.24, 2.45) is 0 Å². The number of hydrogen-bond acceptors (Lipinski definition) is 3. The number of carbonyl (C=O) groups is 2. The number of rotatable bonds is 4. The molecule has 0 saturated carbocycles. The number of piperidine rings is 1. The molecule has 2 aliphatic heterocycles. The topological polar surface area (TPSA) is 69.6 Å². The van der Waals surface area contributed by atoms with Crippen LogP contribution in [0.5, 0.6) is 0 Å². The van der Waals surface area contributed by atoms with Gasteiger partial charge in [-0.15, -0.1) is 0 Å². The fourth-order valence-corrected chi connectivity index (χ4v) is 2.93. The summed E-state index contributed by atoms with van der Waals surface area (Å²) in [5, 5.41) is 12.5. The van der Waals surface area contributed by atoms with E-state index in [-0.39, 0.29) is 5.91 Å². The van der Waals surface area contributed by atoms with Gasteiger partial charge in [-0.3, -0.25) is 4.79 Å². The van der Waals surface area contributed by atoms with Crippen LogP contribution >= 0.6 is 0 Å². The van der Waals surface area contributed by atoms with Gasteiger partial charge in [0, 0.05) is 19.0 Å². The molecular weight excluding hydrogens is 232 g/mol. The highest BCUT2D eigenvalue weighted by atomic mass is 16.4. The zero-order chi connectivity index (χ0) is 13.0. The van der Waals surface area contributed by atoms with Gasteiger partial charge in [0.25, 0.3) is 0 Å². The van der Waals surface area contributed by atoms with Crippen LogP contribution < -0.4 is 5.32 Å². The van der Waals surface area contributed by atoms with Gasteiger partial charge in [0.2, 0.25) is 5.91 Å². The molecule has 18 heavy (non-hydrogen) atoms. The van der Waals surface area contributed by atoms with E-state index in [9.17, 15) is 9.59 Å². The molecule has 0 spiro atoms. The van der Waals surface area contributed by atoms with Gasteiger partial charge in [0.1, 0.15) is 6.04 Å². The van der Waals surface area contributed by atoms with Crippen LogP contribution in [0.15, 0.2) is 0 Å². The van der Waals surface area contributed by atoms with Gasteiger partial charge >= 0.3 is 5.97 Å². The smallest absolute Gasteiger partial charge is 0.326 e. The van der Waals surface area contributed by atoms with Crippen LogP contribution in [-0.4, -0.2) is 47.1 Å². The Bertz CT molecular complexity index is 313. The SMILES string of the molecule is O=C(O)[C@@H]1CCCN1C(=O)CCC1CCCCN1. The molecule has 2 heterocycles. The molecule has 2 aliphatic rings. The number of carboxylic acid groups (broad SMARTS) is 1. The summed E-state index contributed by atoms with van der Waals surface area (Å²) in [6.07, 6.45) is 6.30. The average Bonchev–Trinajstić information content (AvgIpc) is 2.86. The monoisotopic (exact) mass is 254 g/mol. The number of nitrogens with zero attached hydrogens (tertiary/aromatic N) is 1. The van der Waals surface area contributed by atoms with Crippen LogP contribution in [-0.2, 0) is 9.59 Å². The maximum absolute atomic E-state index is 12.0. The lowest BCUT2D eigenvalue weighted by Gasteiger charge is -2.25. The zero-order valence-corrected chi connectivity index (χ0v) is 10.7. The predicted octanol–water partition coefficient (Wildman–Crippen LogP) is 0.984. The van der Waals surface area contributed by atoms with Crippen LogP contribution in [0.2, 0.25) is 0 Å². The Labute approximate surface area is 108 Å². The first-order valence-electron chi connectivity index (χ1n) is 6.94. The lowest BCUT2D eigenvalue weighted by atomic mass is 10.0. The molecular formula is C13H22N2O3. The van der Waals surface area contributed by atoms with E-state index in [4.69, 9.17) is 5.11 Å². The molecule has 2 N–H and O–H groups in total. The van der Waals surface area contributed by atoms with E-state index >= 15 is 0 Å². The van der Waals surface area contributed by atoms with Gasteiger partial charge in [-0.25, -0.2) is 4.79 Å². The molecule has 0 aromatic carbocycles. The highest BCUT2D eigenvalue weighted by Crippen LogP contribution is 2.20. The van der Waals surface area contributed by atoms with Crippen LogP contribution in [0.1, 0.15) is 44.9 Å². The fourth-order valence-electron chi connectivity index (χ4n) is 2.93. The standard InChI is InChI=1S/C13H22N2O3/c16-12(7-6-10-4-1-2-8-14-10)15-9-3-5-11(15)13(17)18/h10-11,14H,1-9H2,(H,17,18)/t10?,11-/m0/s1. The summed E-state index contributed by atoms with van der Waals surface area (Å²) < 4.78 is 0. The Hall–Kier alpha value is -1.10. The van der Waals surface area contributed by atoms with Crippen molar-refractivity contribution < 1.29 is 14.7 Å². The number of likely N-dealkylation sites (tertiary alicyclic amines) is 1. The van der Waals surface area contributed by atoms with E-state index in [1.165, 1.54) is 12.8 Å². The van der Waals surface area contributed by atoms with Crippen molar-refractivity contribution >= 4 is 11.9 Å². The molecule has 0 radical (unpaired) electrons. The molecule has 2 saturated heterocycles. The number of carboxylic acids is 1. The third-order valence-electron chi connectivity index (χ3n) is 3.98. The molecule has 1 unspecified atom stereocenters. The molecule has 0 aliphatic carbocycles. The van der Waals surface area contributed by atoms with E-state index in [2.05, 4.69) is 5.32 Å². The van der Waals surface area contributed by atoms with Crippen molar-refractivity contribution in [3.05, 3.63) is 0 Å². The molecule has 2 fully saturated rings. The molecule has 2 rings (SSSR count). The van der Waals surface area contributed by atoms with E-state index in [1.54, 1.807) is 4.90 Å². The zero-order valence-electron chi connectivity index (χ0n) is 10.7. The van der Waals surface area contributed by atoms with Gasteiger partial charge in [-0.2, -0.15) is 0 Å². The Morgan fingerprint density at radius 1 is 1.22 bits per heavy atom. The van der Waals surface area contributed by atoms with Crippen molar-refractivity contribution in [1.82, 2.24) is 10.2 Å². The Morgan fingerprint density at radius 2 is 2.06 bits per heavy atom. The second kappa shape index (κ2) is 6.18. The molecule has 0 aromatic rings. The minimum absolute atomic E-state index is 0.00673. The normalized spacial score (nSPS) is 28.3. The molecule has 2 atom stereocenters. The van der Waals surface area contributed by atoms with E-state index in [0.717, 1.165) is 25.8 Å². The van der Waals surface area contributed by atoms with Crippen molar-refractivity contribution in [2.75, 3.05) is 13.1 Å². The summed E-state index contributed by atoms with van der Waals surface area (Å²) in [6, 6.07) is -0.148. The highest BCUT2D eigenvalue weighted by molar-refractivity contribution is 5.84. The maximum atomic E-state index is 12.0. The lowest BCUT2D eigenvalue weighted by Crippen LogP contribution is -2.41. The highest BCUT2D eigenvalue weighted by Gasteiger charge is 2.33. The number of nitrogens with one attached hydrogen (secondary N) is 1. The fraction of sp³-hybridized carbons (Fsp3) is 0.846. The van der Waals surface area contributed by atoms with Gasteiger partial charge in [-0.05, 0) is 38.6 Å². The third-order valence-corrected chi connectivity index (χ3v) is 3.98. The first-order chi connectivity index (χ1) is 8.68. The Balaban J connectivity index is 1.78. The summed E-state index contributed by atoms with van der Waals surface area (Å²) in [7, 11) is 0. The van der Waals surface area contributed by atoms with Crippen molar-refractivity contribution in [2.45, 2.75) is 57.0 Å². The molecule has 5 nitrogen and oxygen atoms in total. The summed E-state index contributed by atoms with van der Waals surface area (Å²) in [6.45, 7) is 1.65. The predicted molar refractivity (Wildman–Crippen MR) is 67.2 cm³/mol. The van der Waals surface area contributed by atoms with Crippen LogP contribution in [0.25, 0.3) is 0 Å². The molecule has 1 amide bonds. The summed E-state index contributed by atoms with van der Waals surface area (Å²) in [5.74, 6) is -0.857. The quantitative estimate of drug-likeness (QED) is 0.785. The van der Waals surface area contributed by atoms with Crippen molar-refractivity contribution in [3.8, 4) is 0 Å². The molecule has 5 heteroatoms.